The van der Waals surface area contributed by atoms with Crippen LogP contribution in [-0.4, -0.2) is 27.2 Å². The molecule has 0 aliphatic heterocycles. The van der Waals surface area contributed by atoms with E-state index in [1.165, 1.54) is 11.6 Å². The van der Waals surface area contributed by atoms with Crippen molar-refractivity contribution in [1.29, 1.82) is 0 Å². The lowest BCUT2D eigenvalue weighted by Crippen LogP contribution is -2.24. The van der Waals surface area contributed by atoms with E-state index in [9.17, 15) is 9.18 Å². The Morgan fingerprint density at radius 1 is 1.14 bits per heavy atom. The van der Waals surface area contributed by atoms with E-state index in [-0.39, 0.29) is 17.8 Å². The van der Waals surface area contributed by atoms with E-state index in [4.69, 9.17) is 0 Å². The van der Waals surface area contributed by atoms with E-state index < -0.39 is 0 Å². The largest absolute Gasteiger partial charge is 0.356 e. The highest BCUT2D eigenvalue weighted by atomic mass is 32.2. The number of carbonyl (C=O) groups is 1. The van der Waals surface area contributed by atoms with Gasteiger partial charge in [-0.25, -0.2) is 4.39 Å². The molecule has 0 radical (unpaired) electrons. The van der Waals surface area contributed by atoms with Crippen LogP contribution < -0.4 is 5.32 Å². The highest BCUT2D eigenvalue weighted by Gasteiger charge is 2.19. The molecule has 2 aliphatic rings. The number of carbonyl (C=O) groups excluding carboxylic acids is 1. The minimum atomic E-state index is -0.224. The van der Waals surface area contributed by atoms with E-state index in [0.29, 0.717) is 18.7 Å². The van der Waals surface area contributed by atoms with Gasteiger partial charge in [0.1, 0.15) is 11.6 Å². The molecule has 0 saturated heterocycles. The number of hydrogen-bond acceptors (Lipinski definition) is 4. The summed E-state index contributed by atoms with van der Waals surface area (Å²) in [7, 11) is 0. The van der Waals surface area contributed by atoms with Crippen LogP contribution in [0.25, 0.3) is 0 Å². The molecule has 35 heavy (non-hydrogen) atoms. The second kappa shape index (κ2) is 13.2. The highest BCUT2D eigenvalue weighted by Crippen LogP contribution is 2.29. The Hall–Kier alpha value is -2.93. The van der Waals surface area contributed by atoms with Crippen LogP contribution >= 0.6 is 11.8 Å². The molecule has 4 rings (SSSR count). The van der Waals surface area contributed by atoms with Gasteiger partial charge in [0.25, 0.3) is 0 Å². The van der Waals surface area contributed by atoms with Crippen molar-refractivity contribution in [2.45, 2.75) is 68.3 Å². The van der Waals surface area contributed by atoms with Gasteiger partial charge in [-0.3, -0.25) is 9.36 Å². The maximum atomic E-state index is 13.6. The molecule has 0 spiro atoms. The standard InChI is InChI=1S/C28H33FN4OS/c29-24-13-9-12-23(20-24)21-35-28-32-31-26(33(28)25-14-5-2-6-15-25)16-7-8-17-27(34)30-19-18-22-10-3-1-4-11-22/h1-3,5-6,9-10,12-14,20,25H,4,7-8,11,15-19,21H2,(H,30,34). The van der Waals surface area contributed by atoms with Crippen LogP contribution in [0.5, 0.6) is 0 Å². The molecule has 1 heterocycles. The number of amides is 1. The van der Waals surface area contributed by atoms with Crippen LogP contribution in [0.4, 0.5) is 4.39 Å². The van der Waals surface area contributed by atoms with Crippen LogP contribution in [0.3, 0.4) is 0 Å². The number of nitrogens with zero attached hydrogens (tertiary/aromatic N) is 3. The second-order valence-corrected chi connectivity index (χ2v) is 9.84. The summed E-state index contributed by atoms with van der Waals surface area (Å²) in [6.45, 7) is 0.709. The van der Waals surface area contributed by atoms with Crippen molar-refractivity contribution in [1.82, 2.24) is 20.1 Å². The third kappa shape index (κ3) is 7.79. The lowest BCUT2D eigenvalue weighted by Gasteiger charge is -2.19. The normalized spacial score (nSPS) is 16.9. The molecule has 1 aromatic heterocycles. The summed E-state index contributed by atoms with van der Waals surface area (Å²) in [5.41, 5.74) is 2.33. The van der Waals surface area contributed by atoms with Crippen molar-refractivity contribution in [2.75, 3.05) is 6.54 Å². The Balaban J connectivity index is 1.27. The van der Waals surface area contributed by atoms with E-state index in [0.717, 1.165) is 61.5 Å². The van der Waals surface area contributed by atoms with Crippen molar-refractivity contribution in [3.63, 3.8) is 0 Å². The molecule has 2 aromatic rings. The zero-order chi connectivity index (χ0) is 24.3. The number of benzene rings is 1. The quantitative estimate of drug-likeness (QED) is 0.281. The van der Waals surface area contributed by atoms with Gasteiger partial charge in [0.2, 0.25) is 5.91 Å². The molecule has 1 atom stereocenters. The molecule has 2 aliphatic carbocycles. The van der Waals surface area contributed by atoms with Gasteiger partial charge in [-0.15, -0.1) is 10.2 Å². The first-order chi connectivity index (χ1) is 17.2. The first-order valence-corrected chi connectivity index (χ1v) is 13.4. The average Bonchev–Trinajstić information content (AvgIpc) is 3.29. The molecule has 184 valence electrons. The van der Waals surface area contributed by atoms with Gasteiger partial charge in [0.15, 0.2) is 5.16 Å². The van der Waals surface area contributed by atoms with Crippen LogP contribution in [0.15, 0.2) is 77.5 Å². The van der Waals surface area contributed by atoms with Crippen molar-refractivity contribution >= 4 is 17.7 Å². The number of aromatic nitrogens is 3. The van der Waals surface area contributed by atoms with E-state index in [1.54, 1.807) is 23.9 Å². The number of thioether (sulfide) groups is 1. The molecule has 1 amide bonds. The van der Waals surface area contributed by atoms with Gasteiger partial charge in [-0.1, -0.05) is 72.0 Å². The Bertz CT molecular complexity index is 1120. The van der Waals surface area contributed by atoms with E-state index in [1.807, 2.05) is 6.07 Å². The topological polar surface area (TPSA) is 59.8 Å². The summed E-state index contributed by atoms with van der Waals surface area (Å²) in [6.07, 6.45) is 21.9. The zero-order valence-electron chi connectivity index (χ0n) is 20.0. The molecule has 0 fully saturated rings. The Morgan fingerprint density at radius 3 is 2.89 bits per heavy atom. The van der Waals surface area contributed by atoms with Crippen LogP contribution in [0.2, 0.25) is 0 Å². The van der Waals surface area contributed by atoms with Crippen molar-refractivity contribution in [3.05, 3.63) is 89.6 Å². The first-order valence-electron chi connectivity index (χ1n) is 12.4. The smallest absolute Gasteiger partial charge is 0.220 e. The van der Waals surface area contributed by atoms with Crippen LogP contribution in [0.1, 0.15) is 62.4 Å². The SMILES string of the molecule is O=C(CCCCc1nnc(SCc2cccc(F)c2)n1C1C=CC=CC1)NCCC1=CC=CCC1. The number of halogens is 1. The van der Waals surface area contributed by atoms with Gasteiger partial charge >= 0.3 is 0 Å². The Morgan fingerprint density at radius 2 is 2.09 bits per heavy atom. The first kappa shape index (κ1) is 25.2. The Labute approximate surface area is 211 Å². The minimum absolute atomic E-state index is 0.116. The molecule has 1 N–H and O–H groups in total. The number of hydrogen-bond donors (Lipinski definition) is 1. The summed E-state index contributed by atoms with van der Waals surface area (Å²) in [4.78, 5) is 12.2. The highest BCUT2D eigenvalue weighted by molar-refractivity contribution is 7.98. The molecule has 5 nitrogen and oxygen atoms in total. The molecule has 1 aromatic carbocycles. The summed E-state index contributed by atoms with van der Waals surface area (Å²) in [5, 5.41) is 12.8. The van der Waals surface area contributed by atoms with Crippen LogP contribution in [-0.2, 0) is 17.0 Å². The van der Waals surface area contributed by atoms with Gasteiger partial charge in [-0.05, 0) is 56.2 Å². The molecule has 0 bridgehead atoms. The second-order valence-electron chi connectivity index (χ2n) is 8.90. The van der Waals surface area contributed by atoms with Crippen LogP contribution in [0, 0.1) is 5.82 Å². The maximum Gasteiger partial charge on any atom is 0.220 e. The molecule has 0 saturated carbocycles. The average molecular weight is 493 g/mol. The summed E-state index contributed by atoms with van der Waals surface area (Å²) >= 11 is 1.58. The number of rotatable bonds is 12. The maximum absolute atomic E-state index is 13.6. The fourth-order valence-corrected chi connectivity index (χ4v) is 5.28. The van der Waals surface area contributed by atoms with Crippen molar-refractivity contribution in [3.8, 4) is 0 Å². The zero-order valence-corrected chi connectivity index (χ0v) is 20.9. The molecule has 7 heteroatoms. The lowest BCUT2D eigenvalue weighted by molar-refractivity contribution is -0.121. The predicted molar refractivity (Wildman–Crippen MR) is 140 cm³/mol. The number of aryl methyl sites for hydroxylation is 1. The van der Waals surface area contributed by atoms with Gasteiger partial charge in [0, 0.05) is 25.1 Å². The molecular weight excluding hydrogens is 459 g/mol. The summed E-state index contributed by atoms with van der Waals surface area (Å²) in [6, 6.07) is 6.85. The summed E-state index contributed by atoms with van der Waals surface area (Å²) in [5.74, 6) is 1.47. The predicted octanol–water partition coefficient (Wildman–Crippen LogP) is 6.26. The third-order valence-electron chi connectivity index (χ3n) is 6.20. The van der Waals surface area contributed by atoms with Crippen molar-refractivity contribution < 1.29 is 9.18 Å². The number of allylic oxidation sites excluding steroid dienone is 7. The fourth-order valence-electron chi connectivity index (χ4n) is 4.32. The van der Waals surface area contributed by atoms with Crippen molar-refractivity contribution in [2.24, 2.45) is 0 Å². The number of nitrogens with one attached hydrogen (secondary N) is 1. The molecular formula is C28H33FN4OS. The fraction of sp³-hybridized carbons (Fsp3) is 0.393. The van der Waals surface area contributed by atoms with Gasteiger partial charge in [-0.2, -0.15) is 0 Å². The lowest BCUT2D eigenvalue weighted by atomic mass is 10.0. The van der Waals surface area contributed by atoms with Gasteiger partial charge in [0.05, 0.1) is 6.04 Å². The minimum Gasteiger partial charge on any atom is -0.356 e. The summed E-state index contributed by atoms with van der Waals surface area (Å²) < 4.78 is 15.8. The van der Waals surface area contributed by atoms with E-state index >= 15 is 0 Å². The van der Waals surface area contributed by atoms with E-state index in [2.05, 4.69) is 62.6 Å². The van der Waals surface area contributed by atoms with Gasteiger partial charge < -0.3 is 5.32 Å². The number of unbranched alkanes of at least 4 members (excludes halogenated alkanes) is 1. The third-order valence-corrected chi connectivity index (χ3v) is 7.22. The monoisotopic (exact) mass is 492 g/mol. The molecule has 1 unspecified atom stereocenters. The Kier molecular flexibility index (Phi) is 9.52.